The standard InChI is InChI=1S/C11H25N5/c1-5-6-13-10(14-12)16-8-7-15(4)11(2,3)9-16/h5-9,12H2,1-4H3,(H,13,14). The molecule has 94 valence electrons. The molecule has 0 radical (unpaired) electrons. The molecule has 1 aliphatic heterocycles. The molecular weight excluding hydrogens is 202 g/mol. The number of guanidine groups is 1. The van der Waals surface area contributed by atoms with E-state index in [1.165, 1.54) is 0 Å². The number of hydrogen-bond acceptors (Lipinski definition) is 3. The van der Waals surface area contributed by atoms with Crippen molar-refractivity contribution in [2.24, 2.45) is 10.8 Å². The second-order valence-corrected chi connectivity index (χ2v) is 5.01. The van der Waals surface area contributed by atoms with Crippen LogP contribution < -0.4 is 11.3 Å². The Labute approximate surface area is 98.7 Å². The molecule has 16 heavy (non-hydrogen) atoms. The van der Waals surface area contributed by atoms with Gasteiger partial charge in [0, 0.05) is 31.7 Å². The number of nitrogens with zero attached hydrogens (tertiary/aromatic N) is 3. The smallest absolute Gasteiger partial charge is 0.208 e. The summed E-state index contributed by atoms with van der Waals surface area (Å²) in [5, 5.41) is 0. The first-order chi connectivity index (χ1) is 7.51. The third kappa shape index (κ3) is 3.09. The van der Waals surface area contributed by atoms with Crippen molar-refractivity contribution in [2.45, 2.75) is 32.7 Å². The van der Waals surface area contributed by atoms with E-state index in [1.54, 1.807) is 0 Å². The third-order valence-corrected chi connectivity index (χ3v) is 3.23. The van der Waals surface area contributed by atoms with Crippen molar-refractivity contribution >= 4 is 5.96 Å². The Morgan fingerprint density at radius 1 is 1.44 bits per heavy atom. The molecule has 0 aromatic carbocycles. The van der Waals surface area contributed by atoms with Crippen LogP contribution in [0.5, 0.6) is 0 Å². The summed E-state index contributed by atoms with van der Waals surface area (Å²) in [6.45, 7) is 10.4. The maximum absolute atomic E-state index is 5.53. The molecule has 1 fully saturated rings. The van der Waals surface area contributed by atoms with Gasteiger partial charge < -0.3 is 4.90 Å². The molecule has 1 rings (SSSR count). The first-order valence-electron chi connectivity index (χ1n) is 5.98. The molecule has 0 aromatic heterocycles. The van der Waals surface area contributed by atoms with Crippen LogP contribution in [-0.4, -0.2) is 54.5 Å². The van der Waals surface area contributed by atoms with E-state index in [0.717, 1.165) is 38.6 Å². The van der Waals surface area contributed by atoms with Gasteiger partial charge in [-0.25, -0.2) is 5.84 Å². The number of hydrazine groups is 1. The summed E-state index contributed by atoms with van der Waals surface area (Å²) in [6, 6.07) is 0. The number of nitrogens with one attached hydrogen (secondary N) is 1. The third-order valence-electron chi connectivity index (χ3n) is 3.23. The summed E-state index contributed by atoms with van der Waals surface area (Å²) >= 11 is 0. The predicted molar refractivity (Wildman–Crippen MR) is 68.2 cm³/mol. The van der Waals surface area contributed by atoms with Gasteiger partial charge in [0.15, 0.2) is 0 Å². The van der Waals surface area contributed by atoms with Crippen molar-refractivity contribution in [3.63, 3.8) is 0 Å². The zero-order valence-corrected chi connectivity index (χ0v) is 11.0. The highest BCUT2D eigenvalue weighted by atomic mass is 15.4. The van der Waals surface area contributed by atoms with E-state index >= 15 is 0 Å². The molecule has 0 saturated carbocycles. The molecule has 0 spiro atoms. The van der Waals surface area contributed by atoms with Crippen LogP contribution in [0.2, 0.25) is 0 Å². The summed E-state index contributed by atoms with van der Waals surface area (Å²) in [5.41, 5.74) is 2.89. The lowest BCUT2D eigenvalue weighted by molar-refractivity contribution is 0.0726. The van der Waals surface area contributed by atoms with Gasteiger partial charge in [-0.05, 0) is 27.3 Å². The van der Waals surface area contributed by atoms with Gasteiger partial charge in [0.05, 0.1) is 0 Å². The number of rotatable bonds is 2. The summed E-state index contributed by atoms with van der Waals surface area (Å²) in [5.74, 6) is 6.35. The summed E-state index contributed by atoms with van der Waals surface area (Å²) in [4.78, 5) is 9.07. The minimum absolute atomic E-state index is 0.169. The Kier molecular flexibility index (Phi) is 4.56. The Hall–Kier alpha value is -0.810. The van der Waals surface area contributed by atoms with Gasteiger partial charge in [-0.3, -0.25) is 15.3 Å². The molecule has 3 N–H and O–H groups in total. The maximum atomic E-state index is 5.53. The molecule has 1 heterocycles. The Morgan fingerprint density at radius 2 is 2.12 bits per heavy atom. The van der Waals surface area contributed by atoms with Crippen LogP contribution in [0.4, 0.5) is 0 Å². The van der Waals surface area contributed by atoms with Crippen molar-refractivity contribution < 1.29 is 0 Å². The zero-order chi connectivity index (χ0) is 12.2. The minimum atomic E-state index is 0.169. The zero-order valence-electron chi connectivity index (χ0n) is 11.0. The highest BCUT2D eigenvalue weighted by Crippen LogP contribution is 2.18. The first-order valence-corrected chi connectivity index (χ1v) is 5.98. The van der Waals surface area contributed by atoms with E-state index < -0.39 is 0 Å². The minimum Gasteiger partial charge on any atom is -0.339 e. The van der Waals surface area contributed by atoms with Crippen LogP contribution in [0.15, 0.2) is 4.99 Å². The number of piperazine rings is 1. The fourth-order valence-electron chi connectivity index (χ4n) is 1.88. The van der Waals surface area contributed by atoms with E-state index in [4.69, 9.17) is 5.84 Å². The lowest BCUT2D eigenvalue weighted by Gasteiger charge is -2.46. The average Bonchev–Trinajstić information content (AvgIpc) is 2.24. The van der Waals surface area contributed by atoms with Crippen molar-refractivity contribution in [1.29, 1.82) is 0 Å². The van der Waals surface area contributed by atoms with E-state index in [9.17, 15) is 0 Å². The molecule has 1 saturated heterocycles. The molecule has 0 amide bonds. The largest absolute Gasteiger partial charge is 0.339 e. The molecule has 5 nitrogen and oxygen atoms in total. The quantitative estimate of drug-likeness (QED) is 0.307. The molecular formula is C11H25N5. The summed E-state index contributed by atoms with van der Waals surface area (Å²) < 4.78 is 0. The number of nitrogens with two attached hydrogens (primary N) is 1. The predicted octanol–water partition coefficient (Wildman–Crippen LogP) is 0.242. The average molecular weight is 227 g/mol. The van der Waals surface area contributed by atoms with E-state index in [-0.39, 0.29) is 5.54 Å². The molecule has 0 atom stereocenters. The number of aliphatic imine (C=N–C) groups is 1. The Morgan fingerprint density at radius 3 is 2.62 bits per heavy atom. The van der Waals surface area contributed by atoms with Crippen LogP contribution in [0.25, 0.3) is 0 Å². The molecule has 0 aromatic rings. The lowest BCUT2D eigenvalue weighted by Crippen LogP contribution is -2.61. The summed E-state index contributed by atoms with van der Waals surface area (Å²) in [7, 11) is 2.16. The van der Waals surface area contributed by atoms with Crippen LogP contribution in [0.3, 0.4) is 0 Å². The van der Waals surface area contributed by atoms with Gasteiger partial charge in [-0.15, -0.1) is 0 Å². The van der Waals surface area contributed by atoms with Gasteiger partial charge >= 0.3 is 0 Å². The van der Waals surface area contributed by atoms with Gasteiger partial charge in [0.25, 0.3) is 0 Å². The van der Waals surface area contributed by atoms with Crippen molar-refractivity contribution in [3.8, 4) is 0 Å². The Bertz CT molecular complexity index is 249. The molecule has 0 bridgehead atoms. The molecule has 0 unspecified atom stereocenters. The van der Waals surface area contributed by atoms with E-state index in [1.807, 2.05) is 0 Å². The Balaban J connectivity index is 2.66. The van der Waals surface area contributed by atoms with Gasteiger partial charge in [0.2, 0.25) is 5.96 Å². The van der Waals surface area contributed by atoms with Crippen LogP contribution in [-0.2, 0) is 0 Å². The van der Waals surface area contributed by atoms with Crippen LogP contribution >= 0.6 is 0 Å². The lowest BCUT2D eigenvalue weighted by atomic mass is 10.00. The summed E-state index contributed by atoms with van der Waals surface area (Å²) in [6.07, 6.45) is 1.04. The molecule has 5 heteroatoms. The van der Waals surface area contributed by atoms with Crippen LogP contribution in [0, 0.1) is 0 Å². The number of likely N-dealkylation sites (N-methyl/N-ethyl adjacent to an activating group) is 1. The maximum Gasteiger partial charge on any atom is 0.208 e. The molecule has 1 aliphatic rings. The van der Waals surface area contributed by atoms with E-state index in [0.29, 0.717) is 0 Å². The van der Waals surface area contributed by atoms with Gasteiger partial charge in [0.1, 0.15) is 0 Å². The fourth-order valence-corrected chi connectivity index (χ4v) is 1.88. The number of hydrogen-bond donors (Lipinski definition) is 2. The molecule has 0 aliphatic carbocycles. The highest BCUT2D eigenvalue weighted by Gasteiger charge is 2.32. The second kappa shape index (κ2) is 5.50. The van der Waals surface area contributed by atoms with Gasteiger partial charge in [-0.1, -0.05) is 6.92 Å². The first kappa shape index (κ1) is 13.3. The van der Waals surface area contributed by atoms with Crippen molar-refractivity contribution in [1.82, 2.24) is 15.2 Å². The van der Waals surface area contributed by atoms with Crippen molar-refractivity contribution in [3.05, 3.63) is 0 Å². The SMILES string of the molecule is CCCN=C(NN)N1CCN(C)C(C)(C)C1. The van der Waals surface area contributed by atoms with Gasteiger partial charge in [-0.2, -0.15) is 0 Å². The van der Waals surface area contributed by atoms with Crippen LogP contribution in [0.1, 0.15) is 27.2 Å². The topological polar surface area (TPSA) is 56.9 Å². The fraction of sp³-hybridized carbons (Fsp3) is 0.909. The highest BCUT2D eigenvalue weighted by molar-refractivity contribution is 5.79. The van der Waals surface area contributed by atoms with Crippen molar-refractivity contribution in [2.75, 3.05) is 33.2 Å². The normalized spacial score (nSPS) is 22.3. The second-order valence-electron chi connectivity index (χ2n) is 5.01. The monoisotopic (exact) mass is 227 g/mol. The van der Waals surface area contributed by atoms with E-state index in [2.05, 4.69) is 48.0 Å².